The second kappa shape index (κ2) is 10.9. The number of carbonyl (C=O) groups is 1. The second-order valence-electron chi connectivity index (χ2n) is 10.4. The van der Waals surface area contributed by atoms with Gasteiger partial charge in [-0.3, -0.25) is 4.79 Å². The van der Waals surface area contributed by atoms with E-state index in [9.17, 15) is 9.90 Å². The molecule has 10 heteroatoms. The van der Waals surface area contributed by atoms with Gasteiger partial charge in [-0.1, -0.05) is 35.5 Å². The average molecular weight is 566 g/mol. The number of ether oxygens (including phenoxy) is 1. The molecule has 0 aliphatic rings. The van der Waals surface area contributed by atoms with Crippen molar-refractivity contribution in [2.45, 2.75) is 33.3 Å². The minimum absolute atomic E-state index is 0.245. The minimum atomic E-state index is -0.872. The van der Waals surface area contributed by atoms with Crippen molar-refractivity contribution < 1.29 is 24.3 Å². The molecule has 6 aromatic rings. The zero-order valence-electron chi connectivity index (χ0n) is 23.8. The van der Waals surface area contributed by atoms with Crippen molar-refractivity contribution in [1.82, 2.24) is 25.4 Å². The van der Waals surface area contributed by atoms with Crippen molar-refractivity contribution in [3.8, 4) is 28.1 Å². The number of aromatic amines is 1. The Morgan fingerprint density at radius 2 is 1.83 bits per heavy atom. The molecule has 0 aliphatic carbocycles. The smallest absolute Gasteiger partial charge is 0.251 e. The van der Waals surface area contributed by atoms with E-state index >= 15 is 0 Å². The van der Waals surface area contributed by atoms with Crippen molar-refractivity contribution in [3.05, 3.63) is 71.4 Å². The molecule has 0 aliphatic heterocycles. The number of nitrogens with zero attached hydrogens (tertiary/aromatic N) is 3. The van der Waals surface area contributed by atoms with Crippen molar-refractivity contribution in [2.24, 2.45) is 0 Å². The lowest BCUT2D eigenvalue weighted by molar-refractivity contribution is 0.0834. The number of hydrogen-bond acceptors (Lipinski definition) is 8. The summed E-state index contributed by atoms with van der Waals surface area (Å²) in [7, 11) is 1.64. The van der Waals surface area contributed by atoms with Gasteiger partial charge in [0.05, 0.1) is 42.2 Å². The molecule has 3 heterocycles. The van der Waals surface area contributed by atoms with Crippen LogP contribution < -0.4 is 10.1 Å². The van der Waals surface area contributed by atoms with Gasteiger partial charge in [0.1, 0.15) is 23.0 Å². The van der Waals surface area contributed by atoms with Gasteiger partial charge in [0.25, 0.3) is 5.91 Å². The molecule has 0 fully saturated rings. The molecule has 0 saturated heterocycles. The average Bonchev–Trinajstić information content (AvgIpc) is 3.52. The predicted molar refractivity (Wildman–Crippen MR) is 161 cm³/mol. The third kappa shape index (κ3) is 4.64. The number of aromatic nitrogens is 4. The molecular formula is C32H31N5O5. The summed E-state index contributed by atoms with van der Waals surface area (Å²) in [5, 5.41) is 29.1. The summed E-state index contributed by atoms with van der Waals surface area (Å²) < 4.78 is 11.3. The quantitative estimate of drug-likeness (QED) is 0.202. The van der Waals surface area contributed by atoms with Crippen LogP contribution in [0.15, 0.2) is 53.1 Å². The van der Waals surface area contributed by atoms with E-state index in [0.717, 1.165) is 55.1 Å². The second-order valence-corrected chi connectivity index (χ2v) is 10.4. The zero-order valence-corrected chi connectivity index (χ0v) is 23.8. The number of aryl methyl sites for hydroxylation is 3. The SMILES string of the molecule is COc1cc2c(cc1-c1c(C)noc1C)[nH]c1nc(C)nc(-c3ccc(C(=O)NCCC(O)CO)c4ccccc34)c12. The van der Waals surface area contributed by atoms with Crippen LogP contribution in [0.5, 0.6) is 5.75 Å². The summed E-state index contributed by atoms with van der Waals surface area (Å²) in [5.41, 5.74) is 6.21. The Labute approximate surface area is 241 Å². The molecule has 0 saturated carbocycles. The van der Waals surface area contributed by atoms with Crippen LogP contribution in [0.1, 0.15) is 34.1 Å². The fourth-order valence-corrected chi connectivity index (χ4v) is 5.60. The van der Waals surface area contributed by atoms with E-state index in [1.807, 2.05) is 63.2 Å². The number of aliphatic hydroxyl groups is 2. The highest BCUT2D eigenvalue weighted by atomic mass is 16.5. The number of rotatable bonds is 8. The van der Waals surface area contributed by atoms with Crippen LogP contribution in [0.4, 0.5) is 0 Å². The van der Waals surface area contributed by atoms with Gasteiger partial charge >= 0.3 is 0 Å². The molecule has 0 bridgehead atoms. The Morgan fingerprint density at radius 3 is 2.55 bits per heavy atom. The molecule has 1 unspecified atom stereocenters. The summed E-state index contributed by atoms with van der Waals surface area (Å²) in [6.45, 7) is 5.54. The first-order valence-electron chi connectivity index (χ1n) is 13.7. The molecule has 1 amide bonds. The zero-order chi connectivity index (χ0) is 29.5. The lowest BCUT2D eigenvalue weighted by Gasteiger charge is -2.14. The Kier molecular flexibility index (Phi) is 7.09. The molecule has 3 aromatic heterocycles. The Hall–Kier alpha value is -4.80. The van der Waals surface area contributed by atoms with E-state index in [-0.39, 0.29) is 25.5 Å². The Bertz CT molecular complexity index is 1960. The molecular weight excluding hydrogens is 534 g/mol. The van der Waals surface area contributed by atoms with E-state index < -0.39 is 6.10 Å². The van der Waals surface area contributed by atoms with Gasteiger partial charge < -0.3 is 29.8 Å². The Balaban J connectivity index is 1.53. The van der Waals surface area contributed by atoms with Gasteiger partial charge in [-0.25, -0.2) is 9.97 Å². The molecule has 214 valence electrons. The molecule has 6 rings (SSSR count). The monoisotopic (exact) mass is 565 g/mol. The van der Waals surface area contributed by atoms with Gasteiger partial charge in [0.15, 0.2) is 0 Å². The van der Waals surface area contributed by atoms with Crippen molar-refractivity contribution in [2.75, 3.05) is 20.3 Å². The van der Waals surface area contributed by atoms with Gasteiger partial charge in [-0.15, -0.1) is 0 Å². The summed E-state index contributed by atoms with van der Waals surface area (Å²) in [5.74, 6) is 1.73. The number of methoxy groups -OCH3 is 1. The van der Waals surface area contributed by atoms with Crippen LogP contribution in [0, 0.1) is 20.8 Å². The van der Waals surface area contributed by atoms with Gasteiger partial charge in [0, 0.05) is 34.1 Å². The van der Waals surface area contributed by atoms with Crippen LogP contribution in [0.3, 0.4) is 0 Å². The topological polar surface area (TPSA) is 146 Å². The van der Waals surface area contributed by atoms with Crippen LogP contribution in [-0.4, -0.2) is 62.6 Å². The third-order valence-corrected chi connectivity index (χ3v) is 7.58. The minimum Gasteiger partial charge on any atom is -0.496 e. The molecule has 10 nitrogen and oxygen atoms in total. The van der Waals surface area contributed by atoms with Crippen molar-refractivity contribution >= 4 is 38.6 Å². The maximum Gasteiger partial charge on any atom is 0.251 e. The number of aliphatic hydroxyl groups excluding tert-OH is 2. The number of carbonyl (C=O) groups excluding carboxylic acids is 1. The third-order valence-electron chi connectivity index (χ3n) is 7.58. The van der Waals surface area contributed by atoms with E-state index in [2.05, 4.69) is 15.5 Å². The number of hydrogen-bond donors (Lipinski definition) is 4. The largest absolute Gasteiger partial charge is 0.496 e. The summed E-state index contributed by atoms with van der Waals surface area (Å²) >= 11 is 0. The highest BCUT2D eigenvalue weighted by molar-refractivity contribution is 6.17. The molecule has 42 heavy (non-hydrogen) atoms. The molecule has 3 aromatic carbocycles. The normalized spacial score (nSPS) is 12.3. The van der Waals surface area contributed by atoms with Crippen molar-refractivity contribution in [3.63, 3.8) is 0 Å². The molecule has 4 N–H and O–H groups in total. The standard InChI is InChI=1S/C32H31N5O5/c1-16-28(17(2)42-37-16)25-13-26-24(14-27(25)41-4)29-30(34-18(3)35-31(29)36-26)22-9-10-23(21-8-6-5-7-20(21)22)32(40)33-12-11-19(39)15-38/h5-10,13-14,19,38-39H,11-12,15H2,1-4H3,(H,33,40)(H,34,35,36). The van der Waals surface area contributed by atoms with Gasteiger partial charge in [0.2, 0.25) is 0 Å². The summed E-state index contributed by atoms with van der Waals surface area (Å²) in [4.78, 5) is 26.2. The van der Waals surface area contributed by atoms with Gasteiger partial charge in [-0.2, -0.15) is 0 Å². The number of benzene rings is 3. The summed E-state index contributed by atoms with van der Waals surface area (Å²) in [6, 6.07) is 15.4. The van der Waals surface area contributed by atoms with Crippen LogP contribution in [0.2, 0.25) is 0 Å². The van der Waals surface area contributed by atoms with Crippen LogP contribution in [0.25, 0.3) is 55.1 Å². The Morgan fingerprint density at radius 1 is 1.05 bits per heavy atom. The van der Waals surface area contributed by atoms with Crippen molar-refractivity contribution in [1.29, 1.82) is 0 Å². The first kappa shape index (κ1) is 27.4. The van der Waals surface area contributed by atoms with E-state index in [4.69, 9.17) is 24.3 Å². The molecule has 0 radical (unpaired) electrons. The lowest BCUT2D eigenvalue weighted by atomic mass is 9.95. The number of fused-ring (bicyclic) bond motifs is 4. The molecule has 1 atom stereocenters. The van der Waals surface area contributed by atoms with Crippen LogP contribution in [-0.2, 0) is 0 Å². The fourth-order valence-electron chi connectivity index (χ4n) is 5.60. The van der Waals surface area contributed by atoms with E-state index in [1.165, 1.54) is 0 Å². The number of H-pyrrole nitrogens is 1. The maximum absolute atomic E-state index is 13.1. The highest BCUT2D eigenvalue weighted by Gasteiger charge is 2.22. The summed E-state index contributed by atoms with van der Waals surface area (Å²) in [6.07, 6.45) is -0.610. The fraction of sp³-hybridized carbons (Fsp3) is 0.250. The first-order chi connectivity index (χ1) is 20.3. The first-order valence-corrected chi connectivity index (χ1v) is 13.7. The van der Waals surface area contributed by atoms with Crippen LogP contribution >= 0.6 is 0 Å². The number of amides is 1. The van der Waals surface area contributed by atoms with Gasteiger partial charge in [-0.05, 0) is 56.2 Å². The highest BCUT2D eigenvalue weighted by Crippen LogP contribution is 2.42. The predicted octanol–water partition coefficient (Wildman–Crippen LogP) is 4.99. The maximum atomic E-state index is 13.1. The lowest BCUT2D eigenvalue weighted by Crippen LogP contribution is -2.28. The van der Waals surface area contributed by atoms with E-state index in [0.29, 0.717) is 28.5 Å². The molecule has 0 spiro atoms. The van der Waals surface area contributed by atoms with E-state index in [1.54, 1.807) is 13.2 Å². The number of nitrogens with one attached hydrogen (secondary N) is 2.